The van der Waals surface area contributed by atoms with Crippen molar-refractivity contribution >= 4 is 47.3 Å². The van der Waals surface area contributed by atoms with E-state index in [4.69, 9.17) is 0 Å². The molecule has 1 fully saturated rings. The van der Waals surface area contributed by atoms with Gasteiger partial charge < -0.3 is 47.5 Å². The lowest BCUT2D eigenvalue weighted by Gasteiger charge is -2.25. The highest BCUT2D eigenvalue weighted by atomic mass is 16.2. The smallest absolute Gasteiger partial charge is 0.243 e. The molecule has 0 saturated carbocycles. The van der Waals surface area contributed by atoms with Crippen LogP contribution in [0.1, 0.15) is 43.9 Å². The maximum atomic E-state index is 13.8. The maximum absolute atomic E-state index is 13.8. The molecule has 1 aliphatic heterocycles. The Hall–Kier alpha value is -5.81. The molecule has 0 radical (unpaired) electrons. The summed E-state index contributed by atoms with van der Waals surface area (Å²) in [4.78, 5) is 109. The average Bonchev–Trinajstić information content (AvgIpc) is 3.61. The van der Waals surface area contributed by atoms with Crippen LogP contribution in [0.2, 0.25) is 0 Å². The summed E-state index contributed by atoms with van der Waals surface area (Å²) in [6.07, 6.45) is 3.53. The second kappa shape index (κ2) is 20.5. The molecule has 3 rings (SSSR count). The van der Waals surface area contributed by atoms with Crippen molar-refractivity contribution in [1.29, 1.82) is 0 Å². The second-order valence-electron chi connectivity index (χ2n) is 11.6. The standard InChI is InChI=1S/C32H44N10O8/c1-20(43)36-18-29(47)40-23-9-10-26(44)34-11-5-6-12-35-27(45)16-37-28(46)17-38-30(48)24(13-21-7-3-2-4-8-21)41-32(50)25(42-31(23)49)14-22-15-33-19-39-22/h2-4,7-8,15,19,23-25H,5-6,9-14,16-18H2,1H3,(H,33,39)(H,34,44)(H,35,45)(H,36,43)(H,37,46)(H,38,48)(H,40,47)(H,41,50)(H,42,49)/t23-,24+,25-/m0/s1. The van der Waals surface area contributed by atoms with Crippen molar-refractivity contribution in [3.63, 3.8) is 0 Å². The van der Waals surface area contributed by atoms with Gasteiger partial charge in [0.2, 0.25) is 47.3 Å². The van der Waals surface area contributed by atoms with E-state index < -0.39 is 78.5 Å². The maximum Gasteiger partial charge on any atom is 0.243 e. The van der Waals surface area contributed by atoms with Crippen LogP contribution >= 0.6 is 0 Å². The van der Waals surface area contributed by atoms with E-state index in [2.05, 4.69) is 52.5 Å². The van der Waals surface area contributed by atoms with E-state index in [-0.39, 0.29) is 38.8 Å². The van der Waals surface area contributed by atoms with Crippen molar-refractivity contribution in [1.82, 2.24) is 52.5 Å². The largest absolute Gasteiger partial charge is 0.356 e. The third-order valence-corrected chi connectivity index (χ3v) is 7.45. The highest BCUT2D eigenvalue weighted by Crippen LogP contribution is 2.07. The normalized spacial score (nSPS) is 20.9. The zero-order valence-electron chi connectivity index (χ0n) is 27.8. The Morgan fingerprint density at radius 3 is 2.10 bits per heavy atom. The van der Waals surface area contributed by atoms with Gasteiger partial charge in [0.1, 0.15) is 18.1 Å². The SMILES string of the molecule is CC(=O)NCC(=O)N[C@H]1CCC(=O)NCCCCNC(=O)CNC(=O)CNC(=O)[C@@H](Cc2ccccc2)NC(=O)[C@H](Cc2cnc[nH]2)NC1=O. The molecule has 8 amide bonds. The van der Waals surface area contributed by atoms with Crippen molar-refractivity contribution in [2.75, 3.05) is 32.7 Å². The minimum absolute atomic E-state index is 0.0319. The van der Waals surface area contributed by atoms with Crippen LogP contribution in [-0.4, -0.2) is 108 Å². The monoisotopic (exact) mass is 696 g/mol. The number of imidazole rings is 1. The van der Waals surface area contributed by atoms with Gasteiger partial charge in [0.25, 0.3) is 0 Å². The summed E-state index contributed by atoms with van der Waals surface area (Å²) in [5.41, 5.74) is 1.17. The summed E-state index contributed by atoms with van der Waals surface area (Å²) in [5.74, 6) is -4.87. The lowest BCUT2D eigenvalue weighted by molar-refractivity contribution is -0.134. The fourth-order valence-electron chi connectivity index (χ4n) is 4.81. The molecule has 18 nitrogen and oxygen atoms in total. The van der Waals surface area contributed by atoms with E-state index in [0.717, 1.165) is 0 Å². The van der Waals surface area contributed by atoms with E-state index in [1.54, 1.807) is 30.3 Å². The average molecular weight is 697 g/mol. The van der Waals surface area contributed by atoms with E-state index in [9.17, 15) is 38.4 Å². The zero-order valence-corrected chi connectivity index (χ0v) is 27.8. The van der Waals surface area contributed by atoms with Gasteiger partial charge in [0, 0.05) is 51.2 Å². The fraction of sp³-hybridized carbons (Fsp3) is 0.469. The van der Waals surface area contributed by atoms with Crippen LogP contribution < -0.4 is 42.5 Å². The van der Waals surface area contributed by atoms with E-state index in [1.165, 1.54) is 19.4 Å². The molecule has 0 bridgehead atoms. The lowest BCUT2D eigenvalue weighted by Crippen LogP contribution is -2.58. The Morgan fingerprint density at radius 2 is 1.42 bits per heavy atom. The first-order chi connectivity index (χ1) is 24.0. The minimum Gasteiger partial charge on any atom is -0.356 e. The minimum atomic E-state index is -1.29. The van der Waals surface area contributed by atoms with Crippen LogP contribution in [0.25, 0.3) is 0 Å². The Morgan fingerprint density at radius 1 is 0.780 bits per heavy atom. The number of hydrogen-bond acceptors (Lipinski definition) is 9. The first-order valence-corrected chi connectivity index (χ1v) is 16.2. The fourth-order valence-corrected chi connectivity index (χ4v) is 4.81. The molecule has 270 valence electrons. The lowest BCUT2D eigenvalue weighted by atomic mass is 10.0. The number of amides is 8. The first kappa shape index (κ1) is 38.6. The van der Waals surface area contributed by atoms with Crippen molar-refractivity contribution in [2.24, 2.45) is 0 Å². The Bertz CT molecular complexity index is 1480. The van der Waals surface area contributed by atoms with Crippen molar-refractivity contribution in [3.05, 3.63) is 54.1 Å². The number of aromatic nitrogens is 2. The van der Waals surface area contributed by atoms with Gasteiger partial charge in [0.15, 0.2) is 0 Å². The number of carbonyl (C=O) groups is 8. The van der Waals surface area contributed by atoms with E-state index in [1.807, 2.05) is 0 Å². The summed E-state index contributed by atoms with van der Waals surface area (Å²) in [5, 5.41) is 20.4. The van der Waals surface area contributed by atoms with Gasteiger partial charge in [-0.1, -0.05) is 30.3 Å². The molecule has 1 aromatic heterocycles. The highest BCUT2D eigenvalue weighted by Gasteiger charge is 2.31. The number of rotatable bonds is 7. The molecule has 1 saturated heterocycles. The molecule has 0 spiro atoms. The molecule has 1 aromatic carbocycles. The third-order valence-electron chi connectivity index (χ3n) is 7.45. The van der Waals surface area contributed by atoms with Gasteiger partial charge in [-0.2, -0.15) is 0 Å². The molecular weight excluding hydrogens is 652 g/mol. The number of H-pyrrole nitrogens is 1. The first-order valence-electron chi connectivity index (χ1n) is 16.2. The molecule has 1 aliphatic rings. The quantitative estimate of drug-likeness (QED) is 0.141. The van der Waals surface area contributed by atoms with Gasteiger partial charge in [-0.05, 0) is 24.8 Å². The number of carbonyl (C=O) groups excluding carboxylic acids is 8. The number of hydrogen-bond donors (Lipinski definition) is 9. The predicted molar refractivity (Wildman–Crippen MR) is 177 cm³/mol. The van der Waals surface area contributed by atoms with Crippen molar-refractivity contribution in [3.8, 4) is 0 Å². The van der Waals surface area contributed by atoms with Crippen LogP contribution in [-0.2, 0) is 51.2 Å². The van der Waals surface area contributed by atoms with Crippen LogP contribution in [0, 0.1) is 0 Å². The summed E-state index contributed by atoms with van der Waals surface area (Å²) in [6, 6.07) is 5.04. The topological polar surface area (TPSA) is 261 Å². The zero-order chi connectivity index (χ0) is 36.3. The third kappa shape index (κ3) is 14.5. The Kier molecular flexibility index (Phi) is 15.9. The summed E-state index contributed by atoms with van der Waals surface area (Å²) in [6.45, 7) is 0.600. The highest BCUT2D eigenvalue weighted by molar-refractivity contribution is 5.96. The molecule has 9 N–H and O–H groups in total. The number of aromatic amines is 1. The molecular formula is C32H44N10O8. The number of benzene rings is 1. The van der Waals surface area contributed by atoms with Gasteiger partial charge >= 0.3 is 0 Å². The van der Waals surface area contributed by atoms with Gasteiger partial charge in [-0.3, -0.25) is 38.4 Å². The predicted octanol–water partition coefficient (Wildman–Crippen LogP) is -3.18. The summed E-state index contributed by atoms with van der Waals surface area (Å²) >= 11 is 0. The number of nitrogens with one attached hydrogen (secondary N) is 9. The molecule has 50 heavy (non-hydrogen) atoms. The van der Waals surface area contributed by atoms with Gasteiger partial charge in [-0.15, -0.1) is 0 Å². The molecule has 18 heteroatoms. The van der Waals surface area contributed by atoms with E-state index >= 15 is 0 Å². The van der Waals surface area contributed by atoms with Crippen LogP contribution in [0.5, 0.6) is 0 Å². The van der Waals surface area contributed by atoms with Crippen molar-refractivity contribution < 1.29 is 38.4 Å². The Balaban J connectivity index is 1.88. The Labute approximate surface area is 288 Å². The molecule has 3 atom stereocenters. The number of nitrogens with zero attached hydrogens (tertiary/aromatic N) is 1. The summed E-state index contributed by atoms with van der Waals surface area (Å²) in [7, 11) is 0. The molecule has 2 heterocycles. The van der Waals surface area contributed by atoms with Crippen LogP contribution in [0.3, 0.4) is 0 Å². The van der Waals surface area contributed by atoms with Crippen molar-refractivity contribution in [2.45, 2.75) is 63.6 Å². The second-order valence-corrected chi connectivity index (χ2v) is 11.6. The van der Waals surface area contributed by atoms with Gasteiger partial charge in [-0.25, -0.2) is 4.98 Å². The molecule has 0 aliphatic carbocycles. The van der Waals surface area contributed by atoms with Gasteiger partial charge in [0.05, 0.1) is 26.0 Å². The van der Waals surface area contributed by atoms with Crippen LogP contribution in [0.4, 0.5) is 0 Å². The molecule has 2 aromatic rings. The van der Waals surface area contributed by atoms with Crippen LogP contribution in [0.15, 0.2) is 42.9 Å². The summed E-state index contributed by atoms with van der Waals surface area (Å²) < 4.78 is 0. The van der Waals surface area contributed by atoms with E-state index in [0.29, 0.717) is 30.6 Å². The molecule has 0 unspecified atom stereocenters.